The molecule has 2 aromatic carbocycles. The van der Waals surface area contributed by atoms with E-state index in [0.29, 0.717) is 17.7 Å². The lowest BCUT2D eigenvalue weighted by molar-refractivity contribution is 0.100. The van der Waals surface area contributed by atoms with Crippen molar-refractivity contribution in [2.24, 2.45) is 5.73 Å². The maximum Gasteiger partial charge on any atom is 0.250 e. The Balaban J connectivity index is 2.14. The molecule has 0 atom stereocenters. The summed E-state index contributed by atoms with van der Waals surface area (Å²) in [6, 6.07) is 17.2. The van der Waals surface area contributed by atoms with Crippen molar-refractivity contribution in [3.63, 3.8) is 0 Å². The van der Waals surface area contributed by atoms with E-state index in [4.69, 9.17) is 11.0 Å². The second-order valence-electron chi connectivity index (χ2n) is 4.82. The predicted molar refractivity (Wildman–Crippen MR) is 80.7 cm³/mol. The monoisotopic (exact) mass is 275 g/mol. The molecule has 3 aromatic rings. The molecular formula is C17H13N3O. The SMILES string of the molecule is N#Cc1ccccc1Cn1cc(C(N)=O)c2ccccc21. The van der Waals surface area contributed by atoms with Gasteiger partial charge in [-0.1, -0.05) is 36.4 Å². The fraction of sp³-hybridized carbons (Fsp3) is 0.0588. The molecule has 0 bridgehead atoms. The van der Waals surface area contributed by atoms with E-state index in [-0.39, 0.29) is 0 Å². The number of carbonyl (C=O) groups is 1. The molecule has 4 heteroatoms. The van der Waals surface area contributed by atoms with Crippen LogP contribution in [0, 0.1) is 11.3 Å². The third kappa shape index (κ3) is 2.26. The molecule has 2 N–H and O–H groups in total. The number of nitrogens with zero attached hydrogens (tertiary/aromatic N) is 2. The molecule has 3 rings (SSSR count). The Kier molecular flexibility index (Phi) is 3.17. The minimum Gasteiger partial charge on any atom is -0.366 e. The molecule has 1 amide bonds. The molecule has 21 heavy (non-hydrogen) atoms. The summed E-state index contributed by atoms with van der Waals surface area (Å²) < 4.78 is 1.95. The smallest absolute Gasteiger partial charge is 0.250 e. The second kappa shape index (κ2) is 5.14. The molecule has 1 heterocycles. The number of rotatable bonds is 3. The van der Waals surface area contributed by atoms with E-state index in [0.717, 1.165) is 16.5 Å². The van der Waals surface area contributed by atoms with E-state index >= 15 is 0 Å². The summed E-state index contributed by atoms with van der Waals surface area (Å²) in [7, 11) is 0. The number of nitrogens with two attached hydrogens (primary N) is 1. The van der Waals surface area contributed by atoms with E-state index in [9.17, 15) is 4.79 Å². The Morgan fingerprint density at radius 3 is 2.62 bits per heavy atom. The van der Waals surface area contributed by atoms with Crippen molar-refractivity contribution in [1.82, 2.24) is 4.57 Å². The minimum atomic E-state index is -0.446. The van der Waals surface area contributed by atoms with Crippen LogP contribution >= 0.6 is 0 Å². The first kappa shape index (κ1) is 12.9. The van der Waals surface area contributed by atoms with Crippen molar-refractivity contribution < 1.29 is 4.79 Å². The lowest BCUT2D eigenvalue weighted by Crippen LogP contribution is -2.10. The Morgan fingerprint density at radius 2 is 1.86 bits per heavy atom. The third-order valence-electron chi connectivity index (χ3n) is 3.53. The third-order valence-corrected chi connectivity index (χ3v) is 3.53. The second-order valence-corrected chi connectivity index (χ2v) is 4.82. The highest BCUT2D eigenvalue weighted by Crippen LogP contribution is 2.22. The van der Waals surface area contributed by atoms with Crippen LogP contribution < -0.4 is 5.73 Å². The van der Waals surface area contributed by atoms with Gasteiger partial charge in [0, 0.05) is 23.6 Å². The Bertz CT molecular complexity index is 871. The number of hydrogen-bond donors (Lipinski definition) is 1. The summed E-state index contributed by atoms with van der Waals surface area (Å²) in [6.45, 7) is 0.525. The van der Waals surface area contributed by atoms with Crippen LogP contribution in [0.5, 0.6) is 0 Å². The topological polar surface area (TPSA) is 71.8 Å². The summed E-state index contributed by atoms with van der Waals surface area (Å²) in [4.78, 5) is 11.6. The van der Waals surface area contributed by atoms with Crippen LogP contribution in [0.15, 0.2) is 54.7 Å². The summed E-state index contributed by atoms with van der Waals surface area (Å²) in [5.41, 5.74) is 8.42. The molecule has 102 valence electrons. The fourth-order valence-electron chi connectivity index (χ4n) is 2.52. The van der Waals surface area contributed by atoms with Crippen molar-refractivity contribution in [3.8, 4) is 6.07 Å². The zero-order chi connectivity index (χ0) is 14.8. The first-order valence-corrected chi connectivity index (χ1v) is 6.56. The van der Waals surface area contributed by atoms with Gasteiger partial charge in [0.2, 0.25) is 0 Å². The highest BCUT2D eigenvalue weighted by molar-refractivity contribution is 6.06. The first-order chi connectivity index (χ1) is 10.2. The summed E-state index contributed by atoms with van der Waals surface area (Å²) >= 11 is 0. The lowest BCUT2D eigenvalue weighted by atomic mass is 10.1. The number of primary amides is 1. The molecule has 0 aliphatic carbocycles. The van der Waals surface area contributed by atoms with E-state index in [1.165, 1.54) is 0 Å². The number of para-hydroxylation sites is 1. The van der Waals surface area contributed by atoms with Gasteiger partial charge < -0.3 is 10.3 Å². The zero-order valence-corrected chi connectivity index (χ0v) is 11.3. The molecule has 1 aromatic heterocycles. The van der Waals surface area contributed by atoms with Crippen molar-refractivity contribution in [3.05, 3.63) is 71.4 Å². The Morgan fingerprint density at radius 1 is 1.14 bits per heavy atom. The average molecular weight is 275 g/mol. The molecule has 0 unspecified atom stereocenters. The van der Waals surface area contributed by atoms with Gasteiger partial charge in [0.1, 0.15) is 0 Å². The van der Waals surface area contributed by atoms with E-state index in [1.54, 1.807) is 12.3 Å². The summed E-state index contributed by atoms with van der Waals surface area (Å²) in [5.74, 6) is -0.446. The normalized spacial score (nSPS) is 10.4. The van der Waals surface area contributed by atoms with Crippen LogP contribution in [0.3, 0.4) is 0 Å². The predicted octanol–water partition coefficient (Wildman–Crippen LogP) is 2.66. The summed E-state index contributed by atoms with van der Waals surface area (Å²) in [6.07, 6.45) is 1.75. The molecule has 0 aliphatic heterocycles. The number of nitriles is 1. The maximum atomic E-state index is 11.6. The van der Waals surface area contributed by atoms with E-state index < -0.39 is 5.91 Å². The Labute approximate surface area is 122 Å². The minimum absolute atomic E-state index is 0.446. The van der Waals surface area contributed by atoms with Crippen molar-refractivity contribution in [1.29, 1.82) is 5.26 Å². The van der Waals surface area contributed by atoms with Gasteiger partial charge in [0.25, 0.3) is 5.91 Å². The van der Waals surface area contributed by atoms with Gasteiger partial charge in [0.15, 0.2) is 0 Å². The molecule has 0 saturated carbocycles. The van der Waals surface area contributed by atoms with Crippen LogP contribution in [0.1, 0.15) is 21.5 Å². The van der Waals surface area contributed by atoms with Gasteiger partial charge in [-0.15, -0.1) is 0 Å². The first-order valence-electron chi connectivity index (χ1n) is 6.56. The Hall–Kier alpha value is -3.06. The van der Waals surface area contributed by atoms with Crippen LogP contribution in [-0.4, -0.2) is 10.5 Å². The standard InChI is InChI=1S/C17H13N3O/c18-9-12-5-1-2-6-13(12)10-20-11-15(17(19)21)14-7-3-4-8-16(14)20/h1-8,11H,10H2,(H2,19,21). The van der Waals surface area contributed by atoms with Gasteiger partial charge in [-0.3, -0.25) is 4.79 Å². The molecule has 0 radical (unpaired) electrons. The zero-order valence-electron chi connectivity index (χ0n) is 11.3. The number of hydrogen-bond acceptors (Lipinski definition) is 2. The molecule has 0 spiro atoms. The number of fused-ring (bicyclic) bond motifs is 1. The number of benzene rings is 2. The van der Waals surface area contributed by atoms with E-state index in [2.05, 4.69) is 6.07 Å². The van der Waals surface area contributed by atoms with Crippen molar-refractivity contribution in [2.75, 3.05) is 0 Å². The fourth-order valence-corrected chi connectivity index (χ4v) is 2.52. The quantitative estimate of drug-likeness (QED) is 0.798. The van der Waals surface area contributed by atoms with Crippen LogP contribution in [0.25, 0.3) is 10.9 Å². The van der Waals surface area contributed by atoms with Crippen LogP contribution in [0.4, 0.5) is 0 Å². The van der Waals surface area contributed by atoms with Crippen LogP contribution in [-0.2, 0) is 6.54 Å². The van der Waals surface area contributed by atoms with Gasteiger partial charge in [-0.05, 0) is 17.7 Å². The van der Waals surface area contributed by atoms with Gasteiger partial charge in [-0.2, -0.15) is 5.26 Å². The van der Waals surface area contributed by atoms with Gasteiger partial charge in [-0.25, -0.2) is 0 Å². The number of carbonyl (C=O) groups excluding carboxylic acids is 1. The van der Waals surface area contributed by atoms with E-state index in [1.807, 2.05) is 47.0 Å². The molecule has 0 fully saturated rings. The highest BCUT2D eigenvalue weighted by Gasteiger charge is 2.13. The van der Waals surface area contributed by atoms with Crippen molar-refractivity contribution >= 4 is 16.8 Å². The molecule has 0 aliphatic rings. The molecule has 0 saturated heterocycles. The summed E-state index contributed by atoms with van der Waals surface area (Å²) in [5, 5.41) is 10.0. The number of aromatic nitrogens is 1. The lowest BCUT2D eigenvalue weighted by Gasteiger charge is -2.07. The molecular weight excluding hydrogens is 262 g/mol. The highest BCUT2D eigenvalue weighted by atomic mass is 16.1. The van der Waals surface area contributed by atoms with Crippen LogP contribution in [0.2, 0.25) is 0 Å². The number of amides is 1. The van der Waals surface area contributed by atoms with Crippen molar-refractivity contribution in [2.45, 2.75) is 6.54 Å². The van der Waals surface area contributed by atoms with Gasteiger partial charge in [0.05, 0.1) is 17.2 Å². The largest absolute Gasteiger partial charge is 0.366 e. The molecule has 4 nitrogen and oxygen atoms in total. The average Bonchev–Trinajstić information content (AvgIpc) is 2.87. The van der Waals surface area contributed by atoms with Gasteiger partial charge >= 0.3 is 0 Å². The maximum absolute atomic E-state index is 11.6.